The number of methoxy groups -OCH3 is 1. The number of hydrogen-bond acceptors (Lipinski definition) is 4. The van der Waals surface area contributed by atoms with Crippen molar-refractivity contribution in [3.63, 3.8) is 0 Å². The van der Waals surface area contributed by atoms with Crippen LogP contribution in [0.15, 0.2) is 30.4 Å². The van der Waals surface area contributed by atoms with Gasteiger partial charge in [-0.2, -0.15) is 0 Å². The van der Waals surface area contributed by atoms with E-state index in [4.69, 9.17) is 4.74 Å². The summed E-state index contributed by atoms with van der Waals surface area (Å²) in [7, 11) is 1.44. The molecule has 0 spiro atoms. The molecular formula is C16H17NO5. The number of benzene rings is 1. The molecule has 1 amide bonds. The number of carboxylic acids is 1. The van der Waals surface area contributed by atoms with Gasteiger partial charge in [0.25, 0.3) is 0 Å². The number of aromatic hydroxyl groups is 1. The van der Waals surface area contributed by atoms with Gasteiger partial charge in [0.05, 0.1) is 18.9 Å². The largest absolute Gasteiger partial charge is 0.504 e. The molecule has 0 heterocycles. The Kier molecular flexibility index (Phi) is 3.52. The normalized spacial score (nSPS) is 28.6. The third-order valence-electron chi connectivity index (χ3n) is 4.49. The number of phenols is 1. The van der Waals surface area contributed by atoms with Crippen molar-refractivity contribution in [1.82, 2.24) is 0 Å². The Balaban J connectivity index is 1.78. The highest BCUT2D eigenvalue weighted by Gasteiger charge is 2.51. The molecule has 116 valence electrons. The van der Waals surface area contributed by atoms with Gasteiger partial charge in [0.2, 0.25) is 5.91 Å². The summed E-state index contributed by atoms with van der Waals surface area (Å²) in [5, 5.41) is 21.8. The number of rotatable bonds is 4. The summed E-state index contributed by atoms with van der Waals surface area (Å²) in [6.07, 6.45) is 4.54. The highest BCUT2D eigenvalue weighted by molar-refractivity contribution is 5.96. The fourth-order valence-electron chi connectivity index (χ4n) is 3.51. The first-order valence-corrected chi connectivity index (χ1v) is 7.10. The average Bonchev–Trinajstić information content (AvgIpc) is 3.07. The van der Waals surface area contributed by atoms with Gasteiger partial charge < -0.3 is 20.3 Å². The van der Waals surface area contributed by atoms with Crippen LogP contribution in [0.2, 0.25) is 0 Å². The van der Waals surface area contributed by atoms with E-state index in [1.54, 1.807) is 12.1 Å². The average molecular weight is 303 g/mol. The number of nitrogens with one attached hydrogen (secondary N) is 1. The summed E-state index contributed by atoms with van der Waals surface area (Å²) in [6.45, 7) is 0. The fourth-order valence-corrected chi connectivity index (χ4v) is 3.51. The van der Waals surface area contributed by atoms with Gasteiger partial charge in [0.1, 0.15) is 0 Å². The predicted molar refractivity (Wildman–Crippen MR) is 78.6 cm³/mol. The van der Waals surface area contributed by atoms with Gasteiger partial charge in [0.15, 0.2) is 11.5 Å². The molecule has 22 heavy (non-hydrogen) atoms. The van der Waals surface area contributed by atoms with Crippen LogP contribution in [0.5, 0.6) is 11.5 Å². The Morgan fingerprint density at radius 1 is 1.23 bits per heavy atom. The summed E-state index contributed by atoms with van der Waals surface area (Å²) in [5.74, 6) is -2.38. The first-order chi connectivity index (χ1) is 10.5. The summed E-state index contributed by atoms with van der Waals surface area (Å²) >= 11 is 0. The maximum absolute atomic E-state index is 12.5. The van der Waals surface area contributed by atoms with Crippen molar-refractivity contribution < 1.29 is 24.5 Å². The van der Waals surface area contributed by atoms with Crippen LogP contribution in [0.3, 0.4) is 0 Å². The molecule has 0 radical (unpaired) electrons. The Bertz CT molecular complexity index is 654. The highest BCUT2D eigenvalue weighted by atomic mass is 16.5. The monoisotopic (exact) mass is 303 g/mol. The van der Waals surface area contributed by atoms with E-state index in [1.807, 2.05) is 12.2 Å². The van der Waals surface area contributed by atoms with Crippen LogP contribution in [0.4, 0.5) is 5.69 Å². The number of carboxylic acid groups (broad SMARTS) is 1. The van der Waals surface area contributed by atoms with Gasteiger partial charge in [0, 0.05) is 11.8 Å². The summed E-state index contributed by atoms with van der Waals surface area (Å²) in [4.78, 5) is 23.9. The molecule has 4 atom stereocenters. The second-order valence-electron chi connectivity index (χ2n) is 5.71. The van der Waals surface area contributed by atoms with Gasteiger partial charge in [-0.25, -0.2) is 0 Å². The van der Waals surface area contributed by atoms with Crippen LogP contribution in [0.25, 0.3) is 0 Å². The smallest absolute Gasteiger partial charge is 0.307 e. The first kappa shape index (κ1) is 14.4. The number of anilines is 1. The molecule has 2 aliphatic carbocycles. The van der Waals surface area contributed by atoms with Crippen LogP contribution in [0, 0.1) is 23.7 Å². The zero-order valence-corrected chi connectivity index (χ0v) is 12.0. The van der Waals surface area contributed by atoms with Gasteiger partial charge >= 0.3 is 5.97 Å². The number of ether oxygens (including phenoxy) is 1. The summed E-state index contributed by atoms with van der Waals surface area (Å²) in [5.41, 5.74) is 0.416. The second-order valence-corrected chi connectivity index (χ2v) is 5.71. The topological polar surface area (TPSA) is 95.9 Å². The molecule has 1 aromatic carbocycles. The van der Waals surface area contributed by atoms with Crippen LogP contribution in [-0.2, 0) is 9.59 Å². The lowest BCUT2D eigenvalue weighted by atomic mass is 9.82. The number of hydrogen-bond donors (Lipinski definition) is 3. The SMILES string of the molecule is COc1ccc(NC(=O)[C@H]2[C@H](C(=O)O)[C@H]3C=C[C@H]2C3)cc1O. The molecule has 1 aromatic rings. The molecular weight excluding hydrogens is 286 g/mol. The minimum absolute atomic E-state index is 0.0297. The molecule has 3 N–H and O–H groups in total. The number of amides is 1. The van der Waals surface area contributed by atoms with Crippen LogP contribution >= 0.6 is 0 Å². The number of aliphatic carboxylic acids is 1. The van der Waals surface area contributed by atoms with Gasteiger partial charge in [-0.1, -0.05) is 12.2 Å². The van der Waals surface area contributed by atoms with Crippen molar-refractivity contribution in [2.45, 2.75) is 6.42 Å². The quantitative estimate of drug-likeness (QED) is 0.738. The van der Waals surface area contributed by atoms with E-state index in [-0.39, 0.29) is 23.5 Å². The van der Waals surface area contributed by atoms with Crippen LogP contribution in [0.1, 0.15) is 6.42 Å². The Morgan fingerprint density at radius 3 is 2.50 bits per heavy atom. The third-order valence-corrected chi connectivity index (χ3v) is 4.49. The number of phenolic OH excluding ortho intramolecular Hbond substituents is 1. The van der Waals surface area contributed by atoms with Crippen molar-refractivity contribution in [1.29, 1.82) is 0 Å². The second kappa shape index (κ2) is 5.36. The zero-order chi connectivity index (χ0) is 15.9. The molecule has 0 aliphatic heterocycles. The zero-order valence-electron chi connectivity index (χ0n) is 12.0. The van der Waals surface area contributed by atoms with Gasteiger partial charge in [-0.05, 0) is 30.4 Å². The van der Waals surface area contributed by atoms with E-state index in [0.29, 0.717) is 17.9 Å². The van der Waals surface area contributed by atoms with Gasteiger partial charge in [-0.15, -0.1) is 0 Å². The lowest BCUT2D eigenvalue weighted by molar-refractivity contribution is -0.146. The minimum atomic E-state index is -0.936. The van der Waals surface area contributed by atoms with E-state index in [2.05, 4.69) is 5.32 Å². The van der Waals surface area contributed by atoms with E-state index in [9.17, 15) is 19.8 Å². The highest BCUT2D eigenvalue weighted by Crippen LogP contribution is 2.48. The molecule has 0 saturated heterocycles. The molecule has 6 heteroatoms. The molecule has 0 aromatic heterocycles. The fraction of sp³-hybridized carbons (Fsp3) is 0.375. The number of fused-ring (bicyclic) bond motifs is 2. The molecule has 2 bridgehead atoms. The van der Waals surface area contributed by atoms with E-state index in [1.165, 1.54) is 13.2 Å². The maximum Gasteiger partial charge on any atom is 0.307 e. The van der Waals surface area contributed by atoms with Crippen molar-refractivity contribution in [3.05, 3.63) is 30.4 Å². The lowest BCUT2D eigenvalue weighted by Crippen LogP contribution is -2.36. The molecule has 6 nitrogen and oxygen atoms in total. The Labute approximate surface area is 127 Å². The summed E-state index contributed by atoms with van der Waals surface area (Å²) in [6, 6.07) is 4.53. The molecule has 1 saturated carbocycles. The maximum atomic E-state index is 12.5. The first-order valence-electron chi connectivity index (χ1n) is 7.10. The van der Waals surface area contributed by atoms with Crippen molar-refractivity contribution in [3.8, 4) is 11.5 Å². The van der Waals surface area contributed by atoms with Gasteiger partial charge in [-0.3, -0.25) is 9.59 Å². The van der Waals surface area contributed by atoms with Crippen molar-refractivity contribution in [2.24, 2.45) is 23.7 Å². The standard InChI is InChI=1S/C16H17NO5/c1-22-12-5-4-10(7-11(12)18)17-15(19)13-8-2-3-9(6-8)14(13)16(20)21/h2-5,7-9,13-14,18H,6H2,1H3,(H,17,19)(H,20,21)/t8-,9-,13+,14+/m0/s1. The number of allylic oxidation sites excluding steroid dienone is 2. The number of carbonyl (C=O) groups is 2. The van der Waals surface area contributed by atoms with E-state index < -0.39 is 17.8 Å². The lowest BCUT2D eigenvalue weighted by Gasteiger charge is -2.23. The third kappa shape index (κ3) is 2.30. The minimum Gasteiger partial charge on any atom is -0.504 e. The van der Waals surface area contributed by atoms with Crippen LogP contribution in [-0.4, -0.2) is 29.2 Å². The van der Waals surface area contributed by atoms with E-state index in [0.717, 1.165) is 0 Å². The summed E-state index contributed by atoms with van der Waals surface area (Å²) < 4.78 is 4.94. The van der Waals surface area contributed by atoms with Crippen molar-refractivity contribution in [2.75, 3.05) is 12.4 Å². The predicted octanol–water partition coefficient (Wildman–Crippen LogP) is 1.86. The number of carbonyl (C=O) groups excluding carboxylic acids is 1. The van der Waals surface area contributed by atoms with E-state index >= 15 is 0 Å². The van der Waals surface area contributed by atoms with Crippen LogP contribution < -0.4 is 10.1 Å². The Morgan fingerprint density at radius 2 is 1.91 bits per heavy atom. The Hall–Kier alpha value is -2.50. The molecule has 1 fully saturated rings. The molecule has 3 rings (SSSR count). The molecule has 2 aliphatic rings. The molecule has 0 unspecified atom stereocenters. The van der Waals surface area contributed by atoms with Crippen molar-refractivity contribution >= 4 is 17.6 Å².